The third-order valence-corrected chi connectivity index (χ3v) is 5.34. The molecule has 0 aliphatic carbocycles. The second-order valence-electron chi connectivity index (χ2n) is 6.51. The van der Waals surface area contributed by atoms with Crippen molar-refractivity contribution in [2.24, 2.45) is 17.3 Å². The average molecular weight is 290 g/mol. The van der Waals surface area contributed by atoms with E-state index < -0.39 is 0 Å². The molecule has 0 aromatic rings. The van der Waals surface area contributed by atoms with E-state index in [0.717, 1.165) is 17.2 Å². The van der Waals surface area contributed by atoms with Gasteiger partial charge in [0.1, 0.15) is 0 Å². The predicted octanol–water partition coefficient (Wildman–Crippen LogP) is 4.17. The third-order valence-electron chi connectivity index (χ3n) is 3.82. The van der Waals surface area contributed by atoms with Gasteiger partial charge < -0.3 is 4.90 Å². The highest BCUT2D eigenvalue weighted by molar-refractivity contribution is 9.09. The Morgan fingerprint density at radius 2 is 1.94 bits per heavy atom. The van der Waals surface area contributed by atoms with E-state index >= 15 is 0 Å². The van der Waals surface area contributed by atoms with Crippen LogP contribution in [-0.2, 0) is 0 Å². The monoisotopic (exact) mass is 289 g/mol. The number of halogens is 1. The van der Waals surface area contributed by atoms with E-state index in [0.29, 0.717) is 5.41 Å². The number of likely N-dealkylation sites (tertiary alicyclic amines) is 1. The van der Waals surface area contributed by atoms with E-state index in [1.165, 1.54) is 38.9 Å². The Kier molecular flexibility index (Phi) is 5.79. The molecule has 0 spiro atoms. The molecule has 1 rings (SSSR count). The van der Waals surface area contributed by atoms with E-state index in [4.69, 9.17) is 0 Å². The summed E-state index contributed by atoms with van der Waals surface area (Å²) in [6.45, 7) is 13.3. The molecule has 0 aromatic carbocycles. The van der Waals surface area contributed by atoms with Crippen molar-refractivity contribution in [2.45, 2.75) is 47.0 Å². The van der Waals surface area contributed by atoms with Gasteiger partial charge in [0.2, 0.25) is 0 Å². The van der Waals surface area contributed by atoms with E-state index in [1.54, 1.807) is 0 Å². The second-order valence-corrected chi connectivity index (χ2v) is 7.07. The van der Waals surface area contributed by atoms with Gasteiger partial charge in [0.15, 0.2) is 0 Å². The van der Waals surface area contributed by atoms with Crippen LogP contribution in [0.5, 0.6) is 0 Å². The van der Waals surface area contributed by atoms with Crippen molar-refractivity contribution in [1.29, 1.82) is 0 Å². The van der Waals surface area contributed by atoms with Crippen LogP contribution in [0.4, 0.5) is 0 Å². The van der Waals surface area contributed by atoms with Crippen molar-refractivity contribution in [3.05, 3.63) is 0 Å². The minimum absolute atomic E-state index is 0.414. The zero-order valence-electron chi connectivity index (χ0n) is 11.4. The molecule has 16 heavy (non-hydrogen) atoms. The highest BCUT2D eigenvalue weighted by Gasteiger charge is 2.24. The Morgan fingerprint density at radius 1 is 1.25 bits per heavy atom. The number of hydrogen-bond acceptors (Lipinski definition) is 1. The summed E-state index contributed by atoms with van der Waals surface area (Å²) in [5.74, 6) is 1.82. The molecule has 1 saturated heterocycles. The molecule has 1 heterocycles. The van der Waals surface area contributed by atoms with E-state index in [-0.39, 0.29) is 0 Å². The molecule has 0 bridgehead atoms. The van der Waals surface area contributed by atoms with Gasteiger partial charge >= 0.3 is 0 Å². The predicted molar refractivity (Wildman–Crippen MR) is 76.2 cm³/mol. The molecule has 0 saturated carbocycles. The smallest absolute Gasteiger partial charge is 0.00949 e. The van der Waals surface area contributed by atoms with E-state index in [1.807, 2.05) is 0 Å². The molecule has 1 aliphatic rings. The van der Waals surface area contributed by atoms with Crippen molar-refractivity contribution >= 4 is 15.9 Å². The van der Waals surface area contributed by atoms with Crippen molar-refractivity contribution in [2.75, 3.05) is 25.0 Å². The van der Waals surface area contributed by atoms with Crippen LogP contribution in [0, 0.1) is 17.3 Å². The summed E-state index contributed by atoms with van der Waals surface area (Å²) in [6.07, 6.45) is 4.22. The van der Waals surface area contributed by atoms with Gasteiger partial charge in [-0.3, -0.25) is 0 Å². The molecule has 0 N–H and O–H groups in total. The largest absolute Gasteiger partial charge is 0.303 e. The fraction of sp³-hybridized carbons (Fsp3) is 1.00. The standard InChI is InChI=1S/C14H28BrN/c1-12(2)13-6-5-8-16(9-7-13)11-14(3,4)10-15/h12-13H,5-11H2,1-4H3. The van der Waals surface area contributed by atoms with Crippen LogP contribution in [-0.4, -0.2) is 29.9 Å². The summed E-state index contributed by atoms with van der Waals surface area (Å²) >= 11 is 3.63. The van der Waals surface area contributed by atoms with Crippen LogP contribution in [0.1, 0.15) is 47.0 Å². The average Bonchev–Trinajstić information content (AvgIpc) is 2.43. The van der Waals surface area contributed by atoms with Gasteiger partial charge in [-0.2, -0.15) is 0 Å². The SMILES string of the molecule is CC(C)C1CCCN(CC(C)(C)CBr)CC1. The molecule has 0 radical (unpaired) electrons. The Morgan fingerprint density at radius 3 is 2.50 bits per heavy atom. The van der Waals surface area contributed by atoms with Gasteiger partial charge in [0, 0.05) is 11.9 Å². The number of alkyl halides is 1. The normalized spacial score (nSPS) is 24.8. The molecule has 0 aromatic heterocycles. The van der Waals surface area contributed by atoms with E-state index in [2.05, 4.69) is 48.5 Å². The maximum absolute atomic E-state index is 3.63. The molecule has 1 aliphatic heterocycles. The third kappa shape index (κ3) is 4.75. The summed E-state index contributed by atoms with van der Waals surface area (Å²) in [6, 6.07) is 0. The highest BCUT2D eigenvalue weighted by atomic mass is 79.9. The summed E-state index contributed by atoms with van der Waals surface area (Å²) < 4.78 is 0. The molecule has 1 nitrogen and oxygen atoms in total. The Labute approximate surface area is 110 Å². The van der Waals surface area contributed by atoms with Crippen molar-refractivity contribution in [3.8, 4) is 0 Å². The van der Waals surface area contributed by atoms with Crippen LogP contribution >= 0.6 is 15.9 Å². The first-order valence-corrected chi connectivity index (χ1v) is 7.85. The van der Waals surface area contributed by atoms with Crippen LogP contribution in [0.2, 0.25) is 0 Å². The summed E-state index contributed by atoms with van der Waals surface area (Å²) in [7, 11) is 0. The zero-order chi connectivity index (χ0) is 12.2. The lowest BCUT2D eigenvalue weighted by Gasteiger charge is -2.30. The van der Waals surface area contributed by atoms with Gasteiger partial charge in [-0.05, 0) is 49.6 Å². The first kappa shape index (κ1) is 14.5. The second kappa shape index (κ2) is 6.39. The van der Waals surface area contributed by atoms with Crippen LogP contribution in [0.3, 0.4) is 0 Å². The molecular formula is C14H28BrN. The van der Waals surface area contributed by atoms with Gasteiger partial charge in [-0.1, -0.05) is 43.6 Å². The lowest BCUT2D eigenvalue weighted by molar-refractivity contribution is 0.197. The fourth-order valence-electron chi connectivity index (χ4n) is 2.65. The lowest BCUT2D eigenvalue weighted by atomic mass is 9.89. The summed E-state index contributed by atoms with van der Waals surface area (Å²) in [4.78, 5) is 2.67. The number of hydrogen-bond donors (Lipinski definition) is 0. The van der Waals surface area contributed by atoms with Crippen molar-refractivity contribution in [1.82, 2.24) is 4.90 Å². The molecule has 96 valence electrons. The maximum atomic E-state index is 3.63. The Bertz CT molecular complexity index is 201. The first-order chi connectivity index (χ1) is 7.44. The highest BCUT2D eigenvalue weighted by Crippen LogP contribution is 2.27. The summed E-state index contributed by atoms with van der Waals surface area (Å²) in [5, 5.41) is 1.10. The van der Waals surface area contributed by atoms with Crippen LogP contribution in [0.15, 0.2) is 0 Å². The molecule has 1 fully saturated rings. The van der Waals surface area contributed by atoms with Crippen LogP contribution < -0.4 is 0 Å². The minimum atomic E-state index is 0.414. The molecule has 0 amide bonds. The lowest BCUT2D eigenvalue weighted by Crippen LogP contribution is -2.36. The molecular weight excluding hydrogens is 262 g/mol. The van der Waals surface area contributed by atoms with Gasteiger partial charge in [-0.15, -0.1) is 0 Å². The zero-order valence-corrected chi connectivity index (χ0v) is 13.0. The van der Waals surface area contributed by atoms with Gasteiger partial charge in [0.25, 0.3) is 0 Å². The summed E-state index contributed by atoms with van der Waals surface area (Å²) in [5.41, 5.74) is 0.414. The fourth-order valence-corrected chi connectivity index (χ4v) is 2.83. The van der Waals surface area contributed by atoms with Crippen molar-refractivity contribution in [3.63, 3.8) is 0 Å². The minimum Gasteiger partial charge on any atom is -0.303 e. The number of rotatable bonds is 4. The van der Waals surface area contributed by atoms with Crippen LogP contribution in [0.25, 0.3) is 0 Å². The number of nitrogens with zero attached hydrogens (tertiary/aromatic N) is 1. The first-order valence-electron chi connectivity index (χ1n) is 6.73. The Hall–Kier alpha value is 0.440. The molecule has 1 unspecified atom stereocenters. The molecule has 1 atom stereocenters. The van der Waals surface area contributed by atoms with E-state index in [9.17, 15) is 0 Å². The quantitative estimate of drug-likeness (QED) is 0.703. The maximum Gasteiger partial charge on any atom is 0.00949 e. The topological polar surface area (TPSA) is 3.24 Å². The van der Waals surface area contributed by atoms with Gasteiger partial charge in [-0.25, -0.2) is 0 Å². The molecule has 2 heteroatoms. The van der Waals surface area contributed by atoms with Crippen molar-refractivity contribution < 1.29 is 0 Å². The Balaban J connectivity index is 2.41. The van der Waals surface area contributed by atoms with Gasteiger partial charge in [0.05, 0.1) is 0 Å².